The monoisotopic (exact) mass is 346 g/mol. The van der Waals surface area contributed by atoms with Gasteiger partial charge in [-0.05, 0) is 49.7 Å². The number of hydrogen-bond donors (Lipinski definition) is 3. The van der Waals surface area contributed by atoms with Crippen LogP contribution in [0.15, 0.2) is 24.3 Å². The van der Waals surface area contributed by atoms with Crippen LogP contribution in [0.1, 0.15) is 32.6 Å². The lowest BCUT2D eigenvalue weighted by Gasteiger charge is -2.44. The Kier molecular flexibility index (Phi) is 2.50. The number of carboxylic acid groups (broad SMARTS) is 1. The minimum atomic E-state index is -1.27. The van der Waals surface area contributed by atoms with Gasteiger partial charge in [0.1, 0.15) is 11.0 Å². The Labute approximate surface area is 145 Å². The number of fused-ring (bicyclic) bond motifs is 1. The summed E-state index contributed by atoms with van der Waals surface area (Å²) in [4.78, 5) is 25.1. The van der Waals surface area contributed by atoms with Gasteiger partial charge in [0, 0.05) is 11.8 Å². The third kappa shape index (κ3) is 1.36. The molecule has 6 heteroatoms. The number of aliphatic hydroxyl groups is 2. The lowest BCUT2D eigenvalue weighted by atomic mass is 9.61. The van der Waals surface area contributed by atoms with Gasteiger partial charge in [0.05, 0.1) is 17.6 Å². The Hall–Kier alpha value is -1.66. The first-order valence-corrected chi connectivity index (χ1v) is 8.86. The van der Waals surface area contributed by atoms with Gasteiger partial charge in [0.2, 0.25) is 0 Å². The van der Waals surface area contributed by atoms with Crippen molar-refractivity contribution in [3.63, 3.8) is 0 Å². The average molecular weight is 346 g/mol. The number of carboxylic acids is 1. The zero-order valence-corrected chi connectivity index (χ0v) is 14.1. The van der Waals surface area contributed by atoms with Crippen molar-refractivity contribution in [2.45, 2.75) is 49.9 Å². The van der Waals surface area contributed by atoms with Crippen LogP contribution < -0.4 is 0 Å². The van der Waals surface area contributed by atoms with Gasteiger partial charge < -0.3 is 20.1 Å². The van der Waals surface area contributed by atoms with Gasteiger partial charge in [0.25, 0.3) is 0 Å². The summed E-state index contributed by atoms with van der Waals surface area (Å²) >= 11 is 0. The van der Waals surface area contributed by atoms with Crippen molar-refractivity contribution in [2.75, 3.05) is 0 Å². The lowest BCUT2D eigenvalue weighted by Crippen LogP contribution is -2.50. The number of ether oxygens (including phenoxy) is 1. The predicted octanol–water partition coefficient (Wildman–Crippen LogP) is 1.03. The van der Waals surface area contributed by atoms with E-state index in [1.807, 2.05) is 0 Å². The first kappa shape index (κ1) is 15.6. The number of aliphatic carboxylic acids is 1. The standard InChI is InChI=1S/C19H22O6/c1-9-7-17-8-18(9,24)5-3-10(17)19-6-4-11(20)16(2,15(23)25-19)13(19)12(17)14(21)22/h4,6,10-13,20,24H,1,3,5,7-8H2,2H3,(H,21,22)/t10?,11?,12?,13?,16-,17+,18-,19+/m0/s1. The van der Waals surface area contributed by atoms with Crippen LogP contribution in [0.4, 0.5) is 0 Å². The summed E-state index contributed by atoms with van der Waals surface area (Å²) in [6, 6.07) is 0. The zero-order chi connectivity index (χ0) is 18.0. The van der Waals surface area contributed by atoms with Crippen molar-refractivity contribution < 1.29 is 29.6 Å². The number of hydrogen-bond acceptors (Lipinski definition) is 5. The normalized spacial score (nSPS) is 58.0. The Morgan fingerprint density at radius 1 is 1.44 bits per heavy atom. The van der Waals surface area contributed by atoms with Gasteiger partial charge in [-0.3, -0.25) is 9.59 Å². The van der Waals surface area contributed by atoms with E-state index in [1.165, 1.54) is 0 Å². The highest BCUT2D eigenvalue weighted by Gasteiger charge is 2.83. The van der Waals surface area contributed by atoms with E-state index >= 15 is 0 Å². The molecule has 0 aromatic heterocycles. The molecule has 1 heterocycles. The maximum absolute atomic E-state index is 12.7. The smallest absolute Gasteiger partial charge is 0.316 e. The summed E-state index contributed by atoms with van der Waals surface area (Å²) in [5, 5.41) is 31.6. The molecule has 134 valence electrons. The molecular formula is C19H22O6. The second-order valence-corrected chi connectivity index (χ2v) is 8.94. The summed E-state index contributed by atoms with van der Waals surface area (Å²) in [5.74, 6) is -3.18. The predicted molar refractivity (Wildman–Crippen MR) is 85.2 cm³/mol. The molecule has 4 fully saturated rings. The summed E-state index contributed by atoms with van der Waals surface area (Å²) in [7, 11) is 0. The largest absolute Gasteiger partial charge is 0.481 e. The van der Waals surface area contributed by atoms with Gasteiger partial charge in [-0.25, -0.2) is 0 Å². The van der Waals surface area contributed by atoms with E-state index in [9.17, 15) is 24.9 Å². The minimum absolute atomic E-state index is 0.180. The van der Waals surface area contributed by atoms with Crippen LogP contribution in [0.3, 0.4) is 0 Å². The van der Waals surface area contributed by atoms with Crippen molar-refractivity contribution in [3.8, 4) is 0 Å². The third-order valence-corrected chi connectivity index (χ3v) is 8.12. The molecule has 0 amide bonds. The highest BCUT2D eigenvalue weighted by Crippen LogP contribution is 2.77. The highest BCUT2D eigenvalue weighted by atomic mass is 16.6. The average Bonchev–Trinajstić information content (AvgIpc) is 2.95. The molecule has 4 aliphatic carbocycles. The Morgan fingerprint density at radius 2 is 2.16 bits per heavy atom. The Bertz CT molecular complexity index is 772. The van der Waals surface area contributed by atoms with E-state index in [0.29, 0.717) is 31.3 Å². The van der Waals surface area contributed by atoms with E-state index in [1.54, 1.807) is 19.1 Å². The lowest BCUT2D eigenvalue weighted by molar-refractivity contribution is -0.163. The number of aliphatic hydroxyl groups excluding tert-OH is 1. The fourth-order valence-corrected chi connectivity index (χ4v) is 7.13. The molecule has 1 aliphatic heterocycles. The fourth-order valence-electron chi connectivity index (χ4n) is 7.13. The van der Waals surface area contributed by atoms with Crippen LogP contribution in [0.5, 0.6) is 0 Å². The van der Waals surface area contributed by atoms with Crippen molar-refractivity contribution in [1.82, 2.24) is 0 Å². The number of carbonyl (C=O) groups excluding carboxylic acids is 1. The molecule has 8 atom stereocenters. The molecule has 3 N–H and O–H groups in total. The second kappa shape index (κ2) is 4.01. The van der Waals surface area contributed by atoms with Crippen LogP contribution in [0.25, 0.3) is 0 Å². The molecule has 3 saturated carbocycles. The van der Waals surface area contributed by atoms with Crippen molar-refractivity contribution in [3.05, 3.63) is 24.3 Å². The molecule has 1 spiro atoms. The third-order valence-electron chi connectivity index (χ3n) is 8.12. The molecule has 25 heavy (non-hydrogen) atoms. The van der Waals surface area contributed by atoms with Crippen molar-refractivity contribution >= 4 is 11.9 Å². The molecule has 4 bridgehead atoms. The topological polar surface area (TPSA) is 104 Å². The first-order valence-electron chi connectivity index (χ1n) is 8.86. The molecule has 1 saturated heterocycles. The van der Waals surface area contributed by atoms with E-state index in [2.05, 4.69) is 6.58 Å². The number of rotatable bonds is 1. The Morgan fingerprint density at radius 3 is 2.84 bits per heavy atom. The number of esters is 1. The van der Waals surface area contributed by atoms with E-state index < -0.39 is 51.9 Å². The number of carbonyl (C=O) groups is 2. The first-order chi connectivity index (χ1) is 11.6. The molecule has 0 aromatic rings. The molecule has 4 unspecified atom stereocenters. The maximum atomic E-state index is 12.7. The molecule has 0 radical (unpaired) electrons. The van der Waals surface area contributed by atoms with E-state index in [-0.39, 0.29) is 5.92 Å². The SMILES string of the molecule is C=C1C[C@@]23C[C@@]1(O)CCC2[C@@]12C=CC(O)[C@](C)(C(=O)O1)C2C3C(=O)O. The summed E-state index contributed by atoms with van der Waals surface area (Å²) < 4.78 is 5.87. The van der Waals surface area contributed by atoms with Crippen LogP contribution in [-0.4, -0.2) is 44.6 Å². The maximum Gasteiger partial charge on any atom is 0.316 e. The van der Waals surface area contributed by atoms with Gasteiger partial charge in [-0.2, -0.15) is 0 Å². The van der Waals surface area contributed by atoms with Crippen molar-refractivity contribution in [1.29, 1.82) is 0 Å². The van der Waals surface area contributed by atoms with E-state index in [4.69, 9.17) is 4.74 Å². The molecular weight excluding hydrogens is 324 g/mol. The highest BCUT2D eigenvalue weighted by molar-refractivity contribution is 5.86. The quantitative estimate of drug-likeness (QED) is 0.484. The van der Waals surface area contributed by atoms with Crippen LogP contribution in [-0.2, 0) is 14.3 Å². The molecule has 5 rings (SSSR count). The molecule has 5 aliphatic rings. The summed E-state index contributed by atoms with van der Waals surface area (Å²) in [6.07, 6.45) is 4.11. The second-order valence-electron chi connectivity index (χ2n) is 8.94. The summed E-state index contributed by atoms with van der Waals surface area (Å²) in [5.41, 5.74) is -3.29. The van der Waals surface area contributed by atoms with Gasteiger partial charge >= 0.3 is 11.9 Å². The summed E-state index contributed by atoms with van der Waals surface area (Å²) in [6.45, 7) is 5.64. The van der Waals surface area contributed by atoms with Gasteiger partial charge in [-0.15, -0.1) is 0 Å². The fraction of sp³-hybridized carbons (Fsp3) is 0.684. The molecule has 6 nitrogen and oxygen atoms in total. The van der Waals surface area contributed by atoms with Crippen molar-refractivity contribution in [2.24, 2.45) is 28.6 Å². The van der Waals surface area contributed by atoms with Gasteiger partial charge in [0.15, 0.2) is 0 Å². The Balaban J connectivity index is 1.78. The van der Waals surface area contributed by atoms with Crippen LogP contribution in [0, 0.1) is 28.6 Å². The van der Waals surface area contributed by atoms with Crippen LogP contribution in [0.2, 0.25) is 0 Å². The van der Waals surface area contributed by atoms with Gasteiger partial charge in [-0.1, -0.05) is 12.7 Å². The zero-order valence-electron chi connectivity index (χ0n) is 14.1. The van der Waals surface area contributed by atoms with E-state index in [0.717, 1.165) is 0 Å². The molecule has 0 aromatic carbocycles. The van der Waals surface area contributed by atoms with Crippen LogP contribution >= 0.6 is 0 Å². The minimum Gasteiger partial charge on any atom is -0.481 e.